The predicted octanol–water partition coefficient (Wildman–Crippen LogP) is 1.96. The first-order chi connectivity index (χ1) is 8.52. The van der Waals surface area contributed by atoms with Gasteiger partial charge in [0.05, 0.1) is 6.10 Å². The van der Waals surface area contributed by atoms with Gasteiger partial charge in [-0.25, -0.2) is 0 Å². The van der Waals surface area contributed by atoms with E-state index >= 15 is 0 Å². The number of thioether (sulfide) groups is 1. The Morgan fingerprint density at radius 1 is 1.44 bits per heavy atom. The van der Waals surface area contributed by atoms with Crippen molar-refractivity contribution >= 4 is 11.8 Å². The average molecular weight is 272 g/mol. The first kappa shape index (κ1) is 14.6. The lowest BCUT2D eigenvalue weighted by molar-refractivity contribution is -0.0154. The number of nitrogens with zero attached hydrogens (tertiary/aromatic N) is 1. The third kappa shape index (κ3) is 2.58. The summed E-state index contributed by atoms with van der Waals surface area (Å²) in [5, 5.41) is 0. The largest absolute Gasteiger partial charge is 0.377 e. The molecule has 0 aromatic heterocycles. The fourth-order valence-corrected chi connectivity index (χ4v) is 5.19. The molecule has 0 radical (unpaired) electrons. The van der Waals surface area contributed by atoms with Crippen LogP contribution in [0.3, 0.4) is 0 Å². The fraction of sp³-hybridized carbons (Fsp3) is 1.00. The van der Waals surface area contributed by atoms with Crippen LogP contribution in [-0.2, 0) is 4.74 Å². The van der Waals surface area contributed by atoms with E-state index in [2.05, 4.69) is 37.4 Å². The molecule has 106 valence electrons. The van der Waals surface area contributed by atoms with Crippen molar-refractivity contribution in [2.75, 3.05) is 37.7 Å². The van der Waals surface area contributed by atoms with Gasteiger partial charge < -0.3 is 10.5 Å². The van der Waals surface area contributed by atoms with Crippen LogP contribution in [0.5, 0.6) is 0 Å². The third-order valence-electron chi connectivity index (χ3n) is 4.87. The molecule has 0 bridgehead atoms. The van der Waals surface area contributed by atoms with Crippen LogP contribution in [0.25, 0.3) is 0 Å². The summed E-state index contributed by atoms with van der Waals surface area (Å²) in [6, 6.07) is 0. The Morgan fingerprint density at radius 2 is 2.22 bits per heavy atom. The van der Waals surface area contributed by atoms with E-state index in [9.17, 15) is 0 Å². The molecular weight excluding hydrogens is 244 g/mol. The lowest BCUT2D eigenvalue weighted by atomic mass is 9.69. The van der Waals surface area contributed by atoms with Gasteiger partial charge in [-0.3, -0.25) is 4.90 Å². The molecule has 2 saturated heterocycles. The van der Waals surface area contributed by atoms with Crippen molar-refractivity contribution < 1.29 is 4.74 Å². The van der Waals surface area contributed by atoms with Gasteiger partial charge in [0.2, 0.25) is 0 Å². The molecule has 0 saturated carbocycles. The van der Waals surface area contributed by atoms with E-state index in [1.54, 1.807) is 0 Å². The first-order valence-corrected chi connectivity index (χ1v) is 8.32. The third-order valence-corrected chi connectivity index (χ3v) is 6.04. The molecule has 2 unspecified atom stereocenters. The van der Waals surface area contributed by atoms with Gasteiger partial charge in [-0.05, 0) is 30.9 Å². The minimum absolute atomic E-state index is 0.151. The number of hydrogen-bond donors (Lipinski definition) is 1. The predicted molar refractivity (Wildman–Crippen MR) is 79.1 cm³/mol. The van der Waals surface area contributed by atoms with E-state index in [1.807, 2.05) is 0 Å². The summed E-state index contributed by atoms with van der Waals surface area (Å²) in [6.07, 6.45) is 2.73. The van der Waals surface area contributed by atoms with Gasteiger partial charge in [0.25, 0.3) is 0 Å². The minimum atomic E-state index is 0.151. The Bertz CT molecular complexity index is 285. The zero-order valence-corrected chi connectivity index (χ0v) is 12.9. The quantitative estimate of drug-likeness (QED) is 0.834. The van der Waals surface area contributed by atoms with Gasteiger partial charge in [-0.1, -0.05) is 13.8 Å². The molecule has 0 aromatic carbocycles. The molecular formula is C14H28N2OS. The van der Waals surface area contributed by atoms with Crippen LogP contribution in [-0.4, -0.2) is 54.3 Å². The number of ether oxygens (including phenoxy) is 1. The number of hydrogen-bond acceptors (Lipinski definition) is 4. The molecule has 2 aliphatic heterocycles. The van der Waals surface area contributed by atoms with Gasteiger partial charge >= 0.3 is 0 Å². The Labute approximate surface area is 116 Å². The zero-order valence-electron chi connectivity index (χ0n) is 12.1. The van der Waals surface area contributed by atoms with Gasteiger partial charge in [0, 0.05) is 37.5 Å². The van der Waals surface area contributed by atoms with E-state index in [1.165, 1.54) is 17.9 Å². The second-order valence-electron chi connectivity index (χ2n) is 6.40. The maximum Gasteiger partial charge on any atom is 0.0674 e. The summed E-state index contributed by atoms with van der Waals surface area (Å²) in [4.78, 5) is 2.64. The summed E-state index contributed by atoms with van der Waals surface area (Å²) in [6.45, 7) is 10.8. The van der Waals surface area contributed by atoms with Crippen LogP contribution in [0, 0.1) is 5.41 Å². The maximum atomic E-state index is 6.25. The zero-order chi connectivity index (χ0) is 13.2. The van der Waals surface area contributed by atoms with Crippen molar-refractivity contribution in [2.24, 2.45) is 11.1 Å². The number of nitrogens with two attached hydrogens (primary N) is 1. The second-order valence-corrected chi connectivity index (χ2v) is 7.51. The van der Waals surface area contributed by atoms with Crippen LogP contribution in [0.4, 0.5) is 0 Å². The van der Waals surface area contributed by atoms with Crippen LogP contribution < -0.4 is 5.73 Å². The van der Waals surface area contributed by atoms with E-state index in [4.69, 9.17) is 10.5 Å². The SMILES string of the molecule is CC1CN(C2(CN)CSCCC2(C)C)CCCO1. The highest BCUT2D eigenvalue weighted by molar-refractivity contribution is 7.99. The van der Waals surface area contributed by atoms with Gasteiger partial charge in [-0.2, -0.15) is 11.8 Å². The van der Waals surface area contributed by atoms with E-state index in [-0.39, 0.29) is 5.54 Å². The summed E-state index contributed by atoms with van der Waals surface area (Å²) < 4.78 is 5.79. The van der Waals surface area contributed by atoms with Crippen molar-refractivity contribution in [1.82, 2.24) is 4.90 Å². The van der Waals surface area contributed by atoms with Crippen LogP contribution in [0.15, 0.2) is 0 Å². The second kappa shape index (κ2) is 5.70. The summed E-state index contributed by atoms with van der Waals surface area (Å²) in [7, 11) is 0. The molecule has 0 aromatic rings. The minimum Gasteiger partial charge on any atom is -0.377 e. The topological polar surface area (TPSA) is 38.5 Å². The Kier molecular flexibility index (Phi) is 4.63. The van der Waals surface area contributed by atoms with Crippen molar-refractivity contribution in [1.29, 1.82) is 0 Å². The monoisotopic (exact) mass is 272 g/mol. The molecule has 2 fully saturated rings. The Morgan fingerprint density at radius 3 is 2.89 bits per heavy atom. The van der Waals surface area contributed by atoms with Gasteiger partial charge in [0.1, 0.15) is 0 Å². The molecule has 0 spiro atoms. The lowest BCUT2D eigenvalue weighted by Gasteiger charge is -2.55. The highest BCUT2D eigenvalue weighted by Crippen LogP contribution is 2.45. The molecule has 2 rings (SSSR count). The van der Waals surface area contributed by atoms with Crippen molar-refractivity contribution in [3.63, 3.8) is 0 Å². The summed E-state index contributed by atoms with van der Waals surface area (Å²) in [5.41, 5.74) is 6.70. The van der Waals surface area contributed by atoms with Gasteiger partial charge in [-0.15, -0.1) is 0 Å². The molecule has 18 heavy (non-hydrogen) atoms. The van der Waals surface area contributed by atoms with Crippen molar-refractivity contribution in [2.45, 2.75) is 45.3 Å². The molecule has 2 atom stereocenters. The summed E-state index contributed by atoms with van der Waals surface area (Å²) >= 11 is 2.07. The van der Waals surface area contributed by atoms with Gasteiger partial charge in [0.15, 0.2) is 0 Å². The van der Waals surface area contributed by atoms with Crippen LogP contribution in [0.1, 0.15) is 33.6 Å². The molecule has 2 aliphatic rings. The highest BCUT2D eigenvalue weighted by atomic mass is 32.2. The van der Waals surface area contributed by atoms with E-state index in [0.29, 0.717) is 11.5 Å². The maximum absolute atomic E-state index is 6.25. The molecule has 4 heteroatoms. The van der Waals surface area contributed by atoms with Crippen LogP contribution in [0.2, 0.25) is 0 Å². The average Bonchev–Trinajstić information content (AvgIpc) is 2.54. The molecule has 0 aliphatic carbocycles. The molecule has 2 heterocycles. The number of rotatable bonds is 2. The van der Waals surface area contributed by atoms with Crippen molar-refractivity contribution in [3.8, 4) is 0 Å². The smallest absolute Gasteiger partial charge is 0.0674 e. The Balaban J connectivity index is 2.23. The standard InChI is InChI=1S/C14H28N2OS/c1-12-9-16(6-4-7-17-12)14(10-15)11-18-8-5-13(14,2)3/h12H,4-11,15H2,1-3H3. The Hall–Kier alpha value is 0.230. The molecule has 3 nitrogen and oxygen atoms in total. The summed E-state index contributed by atoms with van der Waals surface area (Å²) in [5.74, 6) is 2.44. The molecule has 2 N–H and O–H groups in total. The fourth-order valence-electron chi connectivity index (χ4n) is 3.36. The van der Waals surface area contributed by atoms with Crippen LogP contribution >= 0.6 is 11.8 Å². The van der Waals surface area contributed by atoms with E-state index in [0.717, 1.165) is 32.7 Å². The first-order valence-electron chi connectivity index (χ1n) is 7.16. The van der Waals surface area contributed by atoms with E-state index < -0.39 is 0 Å². The normalized spacial score (nSPS) is 38.3. The molecule has 0 amide bonds. The lowest BCUT2D eigenvalue weighted by Crippen LogP contribution is -2.66. The highest BCUT2D eigenvalue weighted by Gasteiger charge is 2.50. The van der Waals surface area contributed by atoms with Crippen molar-refractivity contribution in [3.05, 3.63) is 0 Å².